The molecule has 1 aromatic carbocycles. The normalized spacial score (nSPS) is 11.6. The standard InChI is InChI=1S/C16H22N2O3/c1-2-3-8-20-9-7-18-12-15(19)13-21-16-6-4-5-14(10-16)11-17/h2,4-6,10,15,18-19H,1,3,7-9,12-13H2. The molecule has 0 fully saturated rings. The molecule has 0 bridgehead atoms. The number of hydrogen-bond donors (Lipinski definition) is 2. The smallest absolute Gasteiger partial charge is 0.120 e. The Balaban J connectivity index is 2.09. The van der Waals surface area contributed by atoms with E-state index in [1.807, 2.05) is 12.1 Å². The molecule has 1 atom stereocenters. The van der Waals surface area contributed by atoms with Crippen LogP contribution in [-0.2, 0) is 4.74 Å². The van der Waals surface area contributed by atoms with E-state index in [0.717, 1.165) is 6.42 Å². The highest BCUT2D eigenvalue weighted by molar-refractivity contribution is 5.36. The molecule has 5 nitrogen and oxygen atoms in total. The first-order valence-electron chi connectivity index (χ1n) is 6.96. The third kappa shape index (κ3) is 8.10. The van der Waals surface area contributed by atoms with Crippen LogP contribution >= 0.6 is 0 Å². The molecule has 1 rings (SSSR count). The van der Waals surface area contributed by atoms with Gasteiger partial charge >= 0.3 is 0 Å². The van der Waals surface area contributed by atoms with Gasteiger partial charge in [-0.1, -0.05) is 12.1 Å². The van der Waals surface area contributed by atoms with E-state index in [4.69, 9.17) is 14.7 Å². The molecular weight excluding hydrogens is 268 g/mol. The van der Waals surface area contributed by atoms with Gasteiger partial charge in [-0.25, -0.2) is 0 Å². The van der Waals surface area contributed by atoms with Crippen molar-refractivity contribution in [3.05, 3.63) is 42.5 Å². The fourth-order valence-electron chi connectivity index (χ4n) is 1.59. The summed E-state index contributed by atoms with van der Waals surface area (Å²) in [5.41, 5.74) is 0.539. The molecule has 0 amide bonds. The Labute approximate surface area is 125 Å². The van der Waals surface area contributed by atoms with E-state index in [2.05, 4.69) is 11.9 Å². The fraction of sp³-hybridized carbons (Fsp3) is 0.438. The topological polar surface area (TPSA) is 74.5 Å². The lowest BCUT2D eigenvalue weighted by atomic mass is 10.2. The van der Waals surface area contributed by atoms with Gasteiger partial charge in [0.1, 0.15) is 18.5 Å². The Hall–Kier alpha value is -1.87. The van der Waals surface area contributed by atoms with E-state index in [1.54, 1.807) is 24.3 Å². The zero-order chi connectivity index (χ0) is 15.3. The highest BCUT2D eigenvalue weighted by Gasteiger charge is 2.05. The van der Waals surface area contributed by atoms with E-state index in [0.29, 0.717) is 37.6 Å². The van der Waals surface area contributed by atoms with Crippen LogP contribution in [0.25, 0.3) is 0 Å². The highest BCUT2D eigenvalue weighted by Crippen LogP contribution is 2.12. The predicted octanol–water partition coefficient (Wildman–Crippen LogP) is 1.48. The van der Waals surface area contributed by atoms with Crippen LogP contribution in [0.1, 0.15) is 12.0 Å². The van der Waals surface area contributed by atoms with Gasteiger partial charge in [-0.2, -0.15) is 5.26 Å². The number of aliphatic hydroxyl groups is 1. The maximum absolute atomic E-state index is 9.77. The van der Waals surface area contributed by atoms with Crippen molar-refractivity contribution < 1.29 is 14.6 Å². The third-order valence-electron chi connectivity index (χ3n) is 2.67. The Morgan fingerprint density at radius 1 is 1.43 bits per heavy atom. The van der Waals surface area contributed by atoms with Crippen LogP contribution < -0.4 is 10.1 Å². The van der Waals surface area contributed by atoms with Gasteiger partial charge in [0.15, 0.2) is 0 Å². The summed E-state index contributed by atoms with van der Waals surface area (Å²) in [5, 5.41) is 21.6. The maximum Gasteiger partial charge on any atom is 0.120 e. The Bertz CT molecular complexity index is 457. The lowest BCUT2D eigenvalue weighted by molar-refractivity contribution is 0.0993. The highest BCUT2D eigenvalue weighted by atomic mass is 16.5. The minimum absolute atomic E-state index is 0.180. The van der Waals surface area contributed by atoms with Gasteiger partial charge in [0.05, 0.1) is 24.8 Å². The lowest BCUT2D eigenvalue weighted by Gasteiger charge is -2.13. The molecule has 21 heavy (non-hydrogen) atoms. The molecule has 1 unspecified atom stereocenters. The van der Waals surface area contributed by atoms with Crippen LogP contribution in [0.3, 0.4) is 0 Å². The van der Waals surface area contributed by atoms with Crippen LogP contribution in [0, 0.1) is 11.3 Å². The molecule has 2 N–H and O–H groups in total. The summed E-state index contributed by atoms with van der Waals surface area (Å²) >= 11 is 0. The fourth-order valence-corrected chi connectivity index (χ4v) is 1.59. The molecule has 0 spiro atoms. The van der Waals surface area contributed by atoms with Crippen molar-refractivity contribution in [2.75, 3.05) is 32.9 Å². The summed E-state index contributed by atoms with van der Waals surface area (Å²) in [6.45, 7) is 6.18. The molecule has 5 heteroatoms. The number of nitrogens with one attached hydrogen (secondary N) is 1. The van der Waals surface area contributed by atoms with Crippen molar-refractivity contribution in [2.24, 2.45) is 0 Å². The van der Waals surface area contributed by atoms with Crippen molar-refractivity contribution in [3.63, 3.8) is 0 Å². The second-order valence-corrected chi connectivity index (χ2v) is 4.50. The monoisotopic (exact) mass is 290 g/mol. The number of nitrogens with zero attached hydrogens (tertiary/aromatic N) is 1. The molecule has 0 aromatic heterocycles. The molecule has 0 heterocycles. The molecule has 0 saturated heterocycles. The minimum Gasteiger partial charge on any atom is -0.491 e. The van der Waals surface area contributed by atoms with E-state index in [9.17, 15) is 5.11 Å². The summed E-state index contributed by atoms with van der Waals surface area (Å²) in [4.78, 5) is 0. The molecule has 0 aliphatic rings. The number of nitriles is 1. The van der Waals surface area contributed by atoms with Crippen molar-refractivity contribution in [1.29, 1.82) is 5.26 Å². The SMILES string of the molecule is C=CCCOCCNCC(O)COc1cccc(C#N)c1. The van der Waals surface area contributed by atoms with Crippen LogP contribution in [0.15, 0.2) is 36.9 Å². The number of hydrogen-bond acceptors (Lipinski definition) is 5. The maximum atomic E-state index is 9.77. The number of benzene rings is 1. The summed E-state index contributed by atoms with van der Waals surface area (Å²) in [7, 11) is 0. The van der Waals surface area contributed by atoms with Crippen molar-refractivity contribution in [1.82, 2.24) is 5.32 Å². The van der Waals surface area contributed by atoms with E-state index >= 15 is 0 Å². The number of aliphatic hydroxyl groups excluding tert-OH is 1. The molecule has 1 aromatic rings. The van der Waals surface area contributed by atoms with E-state index in [-0.39, 0.29) is 6.61 Å². The molecule has 0 saturated carbocycles. The van der Waals surface area contributed by atoms with Gasteiger partial charge < -0.3 is 19.9 Å². The molecular formula is C16H22N2O3. The summed E-state index contributed by atoms with van der Waals surface area (Å²) in [6, 6.07) is 8.90. The Kier molecular flexibility index (Phi) is 8.89. The van der Waals surface area contributed by atoms with Gasteiger partial charge in [-0.05, 0) is 24.6 Å². The van der Waals surface area contributed by atoms with Crippen molar-refractivity contribution >= 4 is 0 Å². The summed E-state index contributed by atoms with van der Waals surface area (Å²) in [5.74, 6) is 0.584. The van der Waals surface area contributed by atoms with Crippen molar-refractivity contribution in [3.8, 4) is 11.8 Å². The zero-order valence-electron chi connectivity index (χ0n) is 12.1. The molecule has 114 valence electrons. The van der Waals surface area contributed by atoms with Gasteiger partial charge in [0, 0.05) is 13.1 Å². The third-order valence-corrected chi connectivity index (χ3v) is 2.67. The van der Waals surface area contributed by atoms with E-state index < -0.39 is 6.10 Å². The molecule has 0 radical (unpaired) electrons. The Morgan fingerprint density at radius 3 is 3.05 bits per heavy atom. The minimum atomic E-state index is -0.607. The van der Waals surface area contributed by atoms with Gasteiger partial charge in [0.2, 0.25) is 0 Å². The second-order valence-electron chi connectivity index (χ2n) is 4.50. The summed E-state index contributed by atoms with van der Waals surface area (Å²) < 4.78 is 10.8. The van der Waals surface area contributed by atoms with E-state index in [1.165, 1.54) is 0 Å². The average molecular weight is 290 g/mol. The first-order chi connectivity index (χ1) is 10.3. The second kappa shape index (κ2) is 10.9. The van der Waals surface area contributed by atoms with Crippen LogP contribution in [0.4, 0.5) is 0 Å². The van der Waals surface area contributed by atoms with Gasteiger partial charge in [-0.15, -0.1) is 6.58 Å². The van der Waals surface area contributed by atoms with Gasteiger partial charge in [0.25, 0.3) is 0 Å². The zero-order valence-corrected chi connectivity index (χ0v) is 12.1. The first-order valence-corrected chi connectivity index (χ1v) is 6.96. The van der Waals surface area contributed by atoms with Crippen molar-refractivity contribution in [2.45, 2.75) is 12.5 Å². The first kappa shape index (κ1) is 17.2. The summed E-state index contributed by atoms with van der Waals surface area (Å²) in [6.07, 6.45) is 2.05. The molecule has 0 aliphatic carbocycles. The largest absolute Gasteiger partial charge is 0.491 e. The number of ether oxygens (including phenoxy) is 2. The number of rotatable bonds is 11. The Morgan fingerprint density at radius 2 is 2.29 bits per heavy atom. The predicted molar refractivity (Wildman–Crippen MR) is 81.2 cm³/mol. The molecule has 0 aliphatic heterocycles. The quantitative estimate of drug-likeness (QED) is 0.477. The van der Waals surface area contributed by atoms with Crippen LogP contribution in [0.2, 0.25) is 0 Å². The average Bonchev–Trinajstić information content (AvgIpc) is 2.52. The van der Waals surface area contributed by atoms with Gasteiger partial charge in [-0.3, -0.25) is 0 Å². The van der Waals surface area contributed by atoms with Crippen LogP contribution in [0.5, 0.6) is 5.75 Å². The van der Waals surface area contributed by atoms with Crippen LogP contribution in [-0.4, -0.2) is 44.1 Å². The lowest BCUT2D eigenvalue weighted by Crippen LogP contribution is -2.33.